The minimum atomic E-state index is -1.03. The average molecular weight is 384 g/mol. The van der Waals surface area contributed by atoms with Crippen LogP contribution in [0.25, 0.3) is 0 Å². The van der Waals surface area contributed by atoms with Gasteiger partial charge in [0.05, 0.1) is 7.11 Å². The molecule has 0 radical (unpaired) electrons. The molecule has 1 aromatic rings. The van der Waals surface area contributed by atoms with Crippen molar-refractivity contribution in [3.8, 4) is 0 Å². The predicted octanol–water partition coefficient (Wildman–Crippen LogP) is 2.85. The first-order valence-corrected chi connectivity index (χ1v) is 8.87. The monoisotopic (exact) mass is 384 g/mol. The summed E-state index contributed by atoms with van der Waals surface area (Å²) < 4.78 is 37.7. The van der Waals surface area contributed by atoms with Crippen LogP contribution in [0.5, 0.6) is 0 Å². The molecule has 0 unspecified atom stereocenters. The van der Waals surface area contributed by atoms with E-state index >= 15 is 0 Å². The number of ether oxygens (including phenoxy) is 2. The maximum Gasteiger partial charge on any atom is 0.410 e. The van der Waals surface area contributed by atoms with Gasteiger partial charge in [-0.2, -0.15) is 0 Å². The molecule has 1 saturated heterocycles. The van der Waals surface area contributed by atoms with Crippen molar-refractivity contribution in [1.29, 1.82) is 0 Å². The summed E-state index contributed by atoms with van der Waals surface area (Å²) in [5, 5.41) is 0. The van der Waals surface area contributed by atoms with Crippen molar-refractivity contribution >= 4 is 12.1 Å². The standard InChI is InChI=1S/C19H26F2N2O4/c1-19(2,3)27-18(25)23-9-7-22(8-10-23)6-5-13-11-14(20)16(15(21)12-13)17(24)26-4/h11-12H,5-10H2,1-4H3. The fourth-order valence-corrected chi connectivity index (χ4v) is 2.83. The number of rotatable bonds is 4. The van der Waals surface area contributed by atoms with Gasteiger partial charge in [-0.1, -0.05) is 0 Å². The van der Waals surface area contributed by atoms with Crippen LogP contribution in [0, 0.1) is 11.6 Å². The molecule has 8 heteroatoms. The lowest BCUT2D eigenvalue weighted by Gasteiger charge is -2.35. The summed E-state index contributed by atoms with van der Waals surface area (Å²) in [4.78, 5) is 27.2. The number of carbonyl (C=O) groups excluding carboxylic acids is 2. The van der Waals surface area contributed by atoms with Crippen molar-refractivity contribution in [2.75, 3.05) is 39.8 Å². The van der Waals surface area contributed by atoms with Gasteiger partial charge >= 0.3 is 12.1 Å². The summed E-state index contributed by atoms with van der Waals surface area (Å²) in [7, 11) is 1.08. The van der Waals surface area contributed by atoms with E-state index in [4.69, 9.17) is 4.74 Å². The third-order valence-corrected chi connectivity index (χ3v) is 4.23. The maximum atomic E-state index is 14.0. The molecule has 0 bridgehead atoms. The van der Waals surface area contributed by atoms with E-state index in [0.29, 0.717) is 44.7 Å². The molecule has 1 aliphatic heterocycles. The van der Waals surface area contributed by atoms with Crippen molar-refractivity contribution in [2.24, 2.45) is 0 Å². The number of hydrogen-bond acceptors (Lipinski definition) is 5. The van der Waals surface area contributed by atoms with E-state index in [-0.39, 0.29) is 6.09 Å². The Labute approximate surface area is 158 Å². The quantitative estimate of drug-likeness (QED) is 0.747. The number of carbonyl (C=O) groups is 2. The van der Waals surface area contributed by atoms with E-state index in [9.17, 15) is 18.4 Å². The van der Waals surface area contributed by atoms with E-state index in [1.165, 1.54) is 0 Å². The largest absolute Gasteiger partial charge is 0.465 e. The molecule has 0 aliphatic carbocycles. The van der Waals surface area contributed by atoms with E-state index in [2.05, 4.69) is 9.64 Å². The fourth-order valence-electron chi connectivity index (χ4n) is 2.83. The van der Waals surface area contributed by atoms with Gasteiger partial charge in [0, 0.05) is 32.7 Å². The van der Waals surface area contributed by atoms with Gasteiger partial charge in [-0.3, -0.25) is 4.90 Å². The highest BCUT2D eigenvalue weighted by atomic mass is 19.1. The Bertz CT molecular complexity index is 672. The Balaban J connectivity index is 1.87. The zero-order valence-electron chi connectivity index (χ0n) is 16.2. The lowest BCUT2D eigenvalue weighted by Crippen LogP contribution is -2.50. The number of amides is 1. The molecule has 1 fully saturated rings. The molecular formula is C19H26F2N2O4. The van der Waals surface area contributed by atoms with Gasteiger partial charge in [0.25, 0.3) is 0 Å². The summed E-state index contributed by atoms with van der Waals surface area (Å²) in [6.45, 7) is 8.46. The van der Waals surface area contributed by atoms with Gasteiger partial charge in [0.15, 0.2) is 0 Å². The second kappa shape index (κ2) is 8.65. The number of halogens is 2. The SMILES string of the molecule is COC(=O)c1c(F)cc(CCN2CCN(C(=O)OC(C)(C)C)CC2)cc1F. The van der Waals surface area contributed by atoms with Crippen LogP contribution in [0.2, 0.25) is 0 Å². The topological polar surface area (TPSA) is 59.1 Å². The van der Waals surface area contributed by atoms with Crippen LogP contribution in [0.1, 0.15) is 36.7 Å². The number of piperazine rings is 1. The Hall–Kier alpha value is -2.22. The molecule has 6 nitrogen and oxygen atoms in total. The number of benzene rings is 1. The normalized spacial score (nSPS) is 15.6. The average Bonchev–Trinajstić information content (AvgIpc) is 2.58. The third-order valence-electron chi connectivity index (χ3n) is 4.23. The molecule has 1 heterocycles. The van der Waals surface area contributed by atoms with Gasteiger partial charge in [-0.25, -0.2) is 18.4 Å². The van der Waals surface area contributed by atoms with Crippen LogP contribution in [0.4, 0.5) is 13.6 Å². The van der Waals surface area contributed by atoms with Crippen LogP contribution < -0.4 is 0 Å². The fraction of sp³-hybridized carbons (Fsp3) is 0.579. The molecule has 1 aromatic carbocycles. The summed E-state index contributed by atoms with van der Waals surface area (Å²) in [5.74, 6) is -2.88. The first-order chi connectivity index (χ1) is 12.6. The van der Waals surface area contributed by atoms with Crippen molar-refractivity contribution in [2.45, 2.75) is 32.8 Å². The van der Waals surface area contributed by atoms with E-state index < -0.39 is 28.8 Å². The minimum absolute atomic E-state index is 0.329. The maximum absolute atomic E-state index is 14.0. The van der Waals surface area contributed by atoms with Crippen LogP contribution in [-0.4, -0.2) is 67.3 Å². The zero-order valence-corrected chi connectivity index (χ0v) is 16.2. The smallest absolute Gasteiger partial charge is 0.410 e. The van der Waals surface area contributed by atoms with Gasteiger partial charge in [-0.05, 0) is 44.9 Å². The minimum Gasteiger partial charge on any atom is -0.465 e. The highest BCUT2D eigenvalue weighted by Crippen LogP contribution is 2.18. The Morgan fingerprint density at radius 2 is 1.63 bits per heavy atom. The highest BCUT2D eigenvalue weighted by molar-refractivity contribution is 5.90. The van der Waals surface area contributed by atoms with E-state index in [1.54, 1.807) is 4.90 Å². The lowest BCUT2D eigenvalue weighted by atomic mass is 10.1. The molecule has 1 aliphatic rings. The van der Waals surface area contributed by atoms with Gasteiger partial charge in [-0.15, -0.1) is 0 Å². The zero-order chi connectivity index (χ0) is 20.2. The Morgan fingerprint density at radius 1 is 1.07 bits per heavy atom. The summed E-state index contributed by atoms with van der Waals surface area (Å²) >= 11 is 0. The second-order valence-electron chi connectivity index (χ2n) is 7.49. The van der Waals surface area contributed by atoms with E-state index in [0.717, 1.165) is 19.2 Å². The van der Waals surface area contributed by atoms with Crippen LogP contribution in [-0.2, 0) is 15.9 Å². The highest BCUT2D eigenvalue weighted by Gasteiger charge is 2.26. The van der Waals surface area contributed by atoms with Crippen LogP contribution >= 0.6 is 0 Å². The van der Waals surface area contributed by atoms with E-state index in [1.807, 2.05) is 20.8 Å². The van der Waals surface area contributed by atoms with Crippen molar-refractivity contribution in [3.05, 3.63) is 34.9 Å². The van der Waals surface area contributed by atoms with Gasteiger partial charge < -0.3 is 14.4 Å². The molecular weight excluding hydrogens is 358 g/mol. The van der Waals surface area contributed by atoms with Crippen molar-refractivity contribution in [1.82, 2.24) is 9.80 Å². The van der Waals surface area contributed by atoms with Crippen LogP contribution in [0.3, 0.4) is 0 Å². The molecule has 0 N–H and O–H groups in total. The Morgan fingerprint density at radius 3 is 2.11 bits per heavy atom. The second-order valence-corrected chi connectivity index (χ2v) is 7.49. The molecule has 1 amide bonds. The van der Waals surface area contributed by atoms with Gasteiger partial charge in [0.1, 0.15) is 22.8 Å². The molecule has 2 rings (SSSR count). The van der Waals surface area contributed by atoms with Crippen molar-refractivity contribution in [3.63, 3.8) is 0 Å². The Kier molecular flexibility index (Phi) is 6.75. The first kappa shape index (κ1) is 21.1. The lowest BCUT2D eigenvalue weighted by molar-refractivity contribution is 0.0146. The molecule has 27 heavy (non-hydrogen) atoms. The number of methoxy groups -OCH3 is 1. The first-order valence-electron chi connectivity index (χ1n) is 8.87. The number of hydrogen-bond donors (Lipinski definition) is 0. The van der Waals surface area contributed by atoms with Gasteiger partial charge in [0.2, 0.25) is 0 Å². The summed E-state index contributed by atoms with van der Waals surface area (Å²) in [6, 6.07) is 2.32. The molecule has 150 valence electrons. The van der Waals surface area contributed by atoms with Crippen LogP contribution in [0.15, 0.2) is 12.1 Å². The summed E-state index contributed by atoms with van der Waals surface area (Å²) in [5.41, 5.74) is -0.738. The summed E-state index contributed by atoms with van der Waals surface area (Å²) in [6.07, 6.45) is 0.103. The van der Waals surface area contributed by atoms with Crippen molar-refractivity contribution < 1.29 is 27.8 Å². The molecule has 0 spiro atoms. The third kappa shape index (κ3) is 5.89. The predicted molar refractivity (Wildman–Crippen MR) is 95.6 cm³/mol. The molecule has 0 atom stereocenters. The molecule has 0 aromatic heterocycles. The number of nitrogens with zero attached hydrogens (tertiary/aromatic N) is 2. The molecule has 0 saturated carbocycles. The number of esters is 1.